The number of hydrogen-bond acceptors (Lipinski definition) is 3. The van der Waals surface area contributed by atoms with Gasteiger partial charge in [0.25, 0.3) is 0 Å². The first-order valence-electron chi connectivity index (χ1n) is 8.95. The number of sulfonamides is 1. The van der Waals surface area contributed by atoms with E-state index in [4.69, 9.17) is 0 Å². The van der Waals surface area contributed by atoms with Crippen LogP contribution in [0.2, 0.25) is 0 Å². The van der Waals surface area contributed by atoms with E-state index >= 15 is 0 Å². The number of nitrogens with one attached hydrogen (secondary N) is 1. The van der Waals surface area contributed by atoms with Crippen LogP contribution in [-0.2, 0) is 16.6 Å². The summed E-state index contributed by atoms with van der Waals surface area (Å²) in [6.45, 7) is 6.16. The van der Waals surface area contributed by atoms with E-state index in [1.807, 2.05) is 24.3 Å². The third-order valence-electron chi connectivity index (χ3n) is 4.86. The molecule has 140 valence electrons. The molecule has 1 aliphatic heterocycles. The summed E-state index contributed by atoms with van der Waals surface area (Å²) >= 11 is 0. The van der Waals surface area contributed by atoms with Gasteiger partial charge in [0.1, 0.15) is 5.82 Å². The molecular formula is C20H25FN2O2S. The second kappa shape index (κ2) is 7.76. The van der Waals surface area contributed by atoms with Crippen LogP contribution in [0, 0.1) is 18.7 Å². The summed E-state index contributed by atoms with van der Waals surface area (Å²) in [5.74, 6) is 0.293. The van der Waals surface area contributed by atoms with Crippen molar-refractivity contribution in [2.24, 2.45) is 5.92 Å². The van der Waals surface area contributed by atoms with Crippen molar-refractivity contribution in [2.75, 3.05) is 18.0 Å². The molecule has 1 N–H and O–H groups in total. The van der Waals surface area contributed by atoms with Crippen LogP contribution in [0.5, 0.6) is 0 Å². The lowest BCUT2D eigenvalue weighted by molar-refractivity contribution is 0.447. The van der Waals surface area contributed by atoms with E-state index in [1.54, 1.807) is 6.92 Å². The van der Waals surface area contributed by atoms with Gasteiger partial charge in [0.15, 0.2) is 0 Å². The molecule has 0 aliphatic carbocycles. The van der Waals surface area contributed by atoms with Gasteiger partial charge in [-0.15, -0.1) is 0 Å². The van der Waals surface area contributed by atoms with Crippen LogP contribution in [0.25, 0.3) is 0 Å². The van der Waals surface area contributed by atoms with Crippen LogP contribution in [0.15, 0.2) is 47.4 Å². The topological polar surface area (TPSA) is 49.4 Å². The lowest BCUT2D eigenvalue weighted by Crippen LogP contribution is -2.34. The molecule has 0 aromatic heterocycles. The maximum absolute atomic E-state index is 13.3. The van der Waals surface area contributed by atoms with Crippen molar-refractivity contribution in [1.82, 2.24) is 4.72 Å². The highest BCUT2D eigenvalue weighted by molar-refractivity contribution is 7.89. The van der Waals surface area contributed by atoms with Gasteiger partial charge in [-0.3, -0.25) is 0 Å². The molecule has 6 heteroatoms. The van der Waals surface area contributed by atoms with Gasteiger partial charge in [-0.05, 0) is 67.1 Å². The zero-order chi connectivity index (χ0) is 18.7. The number of piperidine rings is 1. The second-order valence-electron chi connectivity index (χ2n) is 7.10. The minimum absolute atomic E-state index is 0.0790. The smallest absolute Gasteiger partial charge is 0.240 e. The Kier molecular flexibility index (Phi) is 5.63. The number of aryl methyl sites for hydroxylation is 1. The van der Waals surface area contributed by atoms with Crippen LogP contribution in [0.3, 0.4) is 0 Å². The molecular weight excluding hydrogens is 351 g/mol. The quantitative estimate of drug-likeness (QED) is 0.862. The van der Waals surface area contributed by atoms with Crippen molar-refractivity contribution in [1.29, 1.82) is 0 Å². The summed E-state index contributed by atoms with van der Waals surface area (Å²) in [7, 11) is -3.66. The Labute approximate surface area is 155 Å². The maximum atomic E-state index is 13.3. The molecule has 0 saturated carbocycles. The summed E-state index contributed by atoms with van der Waals surface area (Å²) in [6, 6.07) is 11.8. The van der Waals surface area contributed by atoms with Crippen LogP contribution in [0.4, 0.5) is 10.1 Å². The van der Waals surface area contributed by atoms with Gasteiger partial charge in [0.05, 0.1) is 4.90 Å². The summed E-state index contributed by atoms with van der Waals surface area (Å²) in [5.41, 5.74) is 2.38. The van der Waals surface area contributed by atoms with Crippen molar-refractivity contribution < 1.29 is 12.8 Å². The molecule has 4 nitrogen and oxygen atoms in total. The van der Waals surface area contributed by atoms with Crippen LogP contribution < -0.4 is 9.62 Å². The Balaban J connectivity index is 1.64. The number of rotatable bonds is 5. The molecule has 2 aromatic rings. The predicted molar refractivity (Wildman–Crippen MR) is 102 cm³/mol. The maximum Gasteiger partial charge on any atom is 0.240 e. The molecule has 1 aliphatic rings. The fourth-order valence-electron chi connectivity index (χ4n) is 3.29. The number of halogens is 1. The number of anilines is 1. The van der Waals surface area contributed by atoms with E-state index in [-0.39, 0.29) is 11.4 Å². The van der Waals surface area contributed by atoms with E-state index in [2.05, 4.69) is 16.5 Å². The first-order valence-corrected chi connectivity index (χ1v) is 10.4. The molecule has 0 radical (unpaired) electrons. The van der Waals surface area contributed by atoms with Gasteiger partial charge in [0, 0.05) is 25.3 Å². The number of nitrogens with zero attached hydrogens (tertiary/aromatic N) is 1. The molecule has 0 amide bonds. The van der Waals surface area contributed by atoms with Gasteiger partial charge in [-0.2, -0.15) is 0 Å². The van der Waals surface area contributed by atoms with Crippen LogP contribution >= 0.6 is 0 Å². The zero-order valence-corrected chi connectivity index (χ0v) is 16.0. The summed E-state index contributed by atoms with van der Waals surface area (Å²) in [6.07, 6.45) is 2.49. The minimum Gasteiger partial charge on any atom is -0.371 e. The summed E-state index contributed by atoms with van der Waals surface area (Å²) < 4.78 is 40.7. The summed E-state index contributed by atoms with van der Waals surface area (Å²) in [4.78, 5) is 2.46. The molecule has 1 heterocycles. The lowest BCUT2D eigenvalue weighted by atomic mass is 9.99. The molecule has 1 saturated heterocycles. The Hall–Kier alpha value is -1.92. The minimum atomic E-state index is -3.66. The third kappa shape index (κ3) is 4.43. The standard InChI is InChI=1S/C20H25FN2O2S/c1-15-4-3-11-23(14-15)18-7-5-17(6-8-18)13-22-26(24,25)19-9-10-20(21)16(2)12-19/h5-10,12,15,22H,3-4,11,13-14H2,1-2H3/t15-/m0/s1. The monoisotopic (exact) mass is 376 g/mol. The van der Waals surface area contributed by atoms with E-state index in [0.717, 1.165) is 18.7 Å². The molecule has 1 fully saturated rings. The summed E-state index contributed by atoms with van der Waals surface area (Å²) in [5, 5.41) is 0. The van der Waals surface area contributed by atoms with Gasteiger partial charge in [-0.25, -0.2) is 17.5 Å². The average Bonchev–Trinajstić information content (AvgIpc) is 2.63. The van der Waals surface area contributed by atoms with E-state index in [1.165, 1.54) is 36.7 Å². The van der Waals surface area contributed by atoms with Gasteiger partial charge >= 0.3 is 0 Å². The fraction of sp³-hybridized carbons (Fsp3) is 0.400. The van der Waals surface area contributed by atoms with Crippen LogP contribution in [-0.4, -0.2) is 21.5 Å². The zero-order valence-electron chi connectivity index (χ0n) is 15.2. The molecule has 1 atom stereocenters. The molecule has 2 aromatic carbocycles. The van der Waals surface area contributed by atoms with E-state index in [0.29, 0.717) is 11.5 Å². The lowest BCUT2D eigenvalue weighted by Gasteiger charge is -2.32. The van der Waals surface area contributed by atoms with Crippen molar-refractivity contribution in [3.63, 3.8) is 0 Å². The Morgan fingerprint density at radius 1 is 1.19 bits per heavy atom. The highest BCUT2D eigenvalue weighted by atomic mass is 32.2. The van der Waals surface area contributed by atoms with Crippen molar-refractivity contribution in [2.45, 2.75) is 38.1 Å². The Morgan fingerprint density at radius 2 is 1.92 bits per heavy atom. The van der Waals surface area contributed by atoms with Gasteiger partial charge in [0.2, 0.25) is 10.0 Å². The van der Waals surface area contributed by atoms with Crippen molar-refractivity contribution >= 4 is 15.7 Å². The molecule has 0 unspecified atom stereocenters. The number of hydrogen-bond donors (Lipinski definition) is 1. The Bertz CT molecular complexity index is 866. The Morgan fingerprint density at radius 3 is 2.58 bits per heavy atom. The highest BCUT2D eigenvalue weighted by Crippen LogP contribution is 2.23. The molecule has 26 heavy (non-hydrogen) atoms. The molecule has 0 bridgehead atoms. The number of benzene rings is 2. The average molecular weight is 376 g/mol. The normalized spacial score (nSPS) is 18.1. The van der Waals surface area contributed by atoms with Gasteiger partial charge in [-0.1, -0.05) is 19.1 Å². The van der Waals surface area contributed by atoms with E-state index < -0.39 is 15.8 Å². The first-order chi connectivity index (χ1) is 12.3. The largest absolute Gasteiger partial charge is 0.371 e. The third-order valence-corrected chi connectivity index (χ3v) is 6.26. The second-order valence-corrected chi connectivity index (χ2v) is 8.86. The van der Waals surface area contributed by atoms with Crippen molar-refractivity contribution in [3.05, 3.63) is 59.4 Å². The fourth-order valence-corrected chi connectivity index (χ4v) is 4.40. The van der Waals surface area contributed by atoms with Crippen LogP contribution in [0.1, 0.15) is 30.9 Å². The SMILES string of the molecule is Cc1cc(S(=O)(=O)NCc2ccc(N3CCC[C@H](C)C3)cc2)ccc1F. The van der Waals surface area contributed by atoms with Gasteiger partial charge < -0.3 is 4.90 Å². The highest BCUT2D eigenvalue weighted by Gasteiger charge is 2.17. The molecule has 3 rings (SSSR count). The first kappa shape index (κ1) is 18.9. The predicted octanol–water partition coefficient (Wildman–Crippen LogP) is 3.85. The molecule has 0 spiro atoms. The van der Waals surface area contributed by atoms with E-state index in [9.17, 15) is 12.8 Å². The van der Waals surface area contributed by atoms with Crippen molar-refractivity contribution in [3.8, 4) is 0 Å².